The molecule has 13 heavy (non-hydrogen) atoms. The Kier molecular flexibility index (Phi) is 2.61. The zero-order chi connectivity index (χ0) is 9.26. The number of fused-ring (bicyclic) bond motifs is 1. The minimum Gasteiger partial charge on any atom is -0.299 e. The van der Waals surface area contributed by atoms with Gasteiger partial charge in [0.25, 0.3) is 0 Å². The molecule has 1 atom stereocenters. The third-order valence-corrected chi connectivity index (χ3v) is 3.87. The largest absolute Gasteiger partial charge is 0.299 e. The van der Waals surface area contributed by atoms with Crippen LogP contribution in [-0.4, -0.2) is 24.2 Å². The van der Waals surface area contributed by atoms with Gasteiger partial charge in [0.1, 0.15) is 0 Å². The van der Waals surface area contributed by atoms with Gasteiger partial charge in [-0.15, -0.1) is 11.8 Å². The first-order valence-corrected chi connectivity index (χ1v) is 5.73. The van der Waals surface area contributed by atoms with E-state index in [2.05, 4.69) is 43.1 Å². The summed E-state index contributed by atoms with van der Waals surface area (Å²) in [5.74, 6) is 1.21. The number of hydrogen-bond acceptors (Lipinski definition) is 2. The Labute approximate surface area is 84.1 Å². The molecule has 0 amide bonds. The molecule has 1 nitrogen and oxygen atoms in total. The highest BCUT2D eigenvalue weighted by Crippen LogP contribution is 2.40. The molecular formula is C11H15NS. The van der Waals surface area contributed by atoms with Gasteiger partial charge in [-0.25, -0.2) is 0 Å². The molecule has 1 heterocycles. The zero-order valence-electron chi connectivity index (χ0n) is 8.16. The zero-order valence-corrected chi connectivity index (χ0v) is 8.97. The molecule has 0 fully saturated rings. The second-order valence-electron chi connectivity index (χ2n) is 3.44. The maximum Gasteiger partial charge on any atom is 0.0449 e. The topological polar surface area (TPSA) is 3.24 Å². The van der Waals surface area contributed by atoms with Crippen LogP contribution in [0.5, 0.6) is 0 Å². The first-order valence-electron chi connectivity index (χ1n) is 4.75. The van der Waals surface area contributed by atoms with Gasteiger partial charge in [-0.2, -0.15) is 0 Å². The number of nitrogens with zero attached hydrogens (tertiary/aromatic N) is 1. The van der Waals surface area contributed by atoms with E-state index in [0.29, 0.717) is 6.04 Å². The molecule has 0 saturated carbocycles. The van der Waals surface area contributed by atoms with Crippen molar-refractivity contribution in [3.8, 4) is 0 Å². The first-order chi connectivity index (χ1) is 6.33. The standard InChI is InChI=1S/C11H15NS/c1-3-12(2)10-8-13-11-7-5-4-6-9(10)11/h4-7,10H,3,8H2,1-2H3. The molecule has 1 aromatic carbocycles. The number of hydrogen-bond donors (Lipinski definition) is 0. The minimum atomic E-state index is 0.631. The van der Waals surface area contributed by atoms with Gasteiger partial charge in [0.2, 0.25) is 0 Å². The summed E-state index contributed by atoms with van der Waals surface area (Å²) in [6.45, 7) is 3.34. The molecule has 0 radical (unpaired) electrons. The SMILES string of the molecule is CCN(C)C1CSc2ccccc21. The van der Waals surface area contributed by atoms with Crippen molar-refractivity contribution >= 4 is 11.8 Å². The minimum absolute atomic E-state index is 0.631. The lowest BCUT2D eigenvalue weighted by atomic mass is 10.1. The van der Waals surface area contributed by atoms with E-state index in [1.165, 1.54) is 16.2 Å². The van der Waals surface area contributed by atoms with Crippen LogP contribution in [0.2, 0.25) is 0 Å². The van der Waals surface area contributed by atoms with Crippen LogP contribution in [0.3, 0.4) is 0 Å². The van der Waals surface area contributed by atoms with E-state index < -0.39 is 0 Å². The number of rotatable bonds is 2. The lowest BCUT2D eigenvalue weighted by Crippen LogP contribution is -2.23. The van der Waals surface area contributed by atoms with Crippen molar-refractivity contribution in [2.24, 2.45) is 0 Å². The summed E-state index contributed by atoms with van der Waals surface area (Å²) in [6, 6.07) is 9.38. The van der Waals surface area contributed by atoms with Gasteiger partial charge in [-0.3, -0.25) is 4.90 Å². The maximum atomic E-state index is 2.42. The molecule has 0 aromatic heterocycles. The molecule has 0 aliphatic carbocycles. The van der Waals surface area contributed by atoms with Crippen LogP contribution in [0.4, 0.5) is 0 Å². The van der Waals surface area contributed by atoms with Crippen molar-refractivity contribution < 1.29 is 0 Å². The molecule has 0 N–H and O–H groups in total. The summed E-state index contributed by atoms with van der Waals surface area (Å²) in [5.41, 5.74) is 1.51. The van der Waals surface area contributed by atoms with E-state index in [4.69, 9.17) is 0 Å². The summed E-state index contributed by atoms with van der Waals surface area (Å²) >= 11 is 1.98. The smallest absolute Gasteiger partial charge is 0.0449 e. The van der Waals surface area contributed by atoms with Crippen LogP contribution >= 0.6 is 11.8 Å². The molecule has 1 aliphatic heterocycles. The fraction of sp³-hybridized carbons (Fsp3) is 0.455. The third kappa shape index (κ3) is 1.61. The predicted molar refractivity (Wildman–Crippen MR) is 58.2 cm³/mol. The molecular weight excluding hydrogens is 178 g/mol. The Morgan fingerprint density at radius 2 is 2.23 bits per heavy atom. The normalized spacial score (nSPS) is 20.7. The van der Waals surface area contributed by atoms with Crippen LogP contribution in [0, 0.1) is 0 Å². The van der Waals surface area contributed by atoms with Crippen LogP contribution in [0.1, 0.15) is 18.5 Å². The highest BCUT2D eigenvalue weighted by molar-refractivity contribution is 7.99. The second kappa shape index (κ2) is 3.72. The summed E-state index contributed by atoms with van der Waals surface area (Å²) in [6.07, 6.45) is 0. The lowest BCUT2D eigenvalue weighted by molar-refractivity contribution is 0.281. The monoisotopic (exact) mass is 193 g/mol. The van der Waals surface area contributed by atoms with E-state index in [0.717, 1.165) is 6.54 Å². The fourth-order valence-electron chi connectivity index (χ4n) is 1.73. The van der Waals surface area contributed by atoms with Gasteiger partial charge in [0.05, 0.1) is 0 Å². The van der Waals surface area contributed by atoms with Gasteiger partial charge < -0.3 is 0 Å². The number of benzene rings is 1. The van der Waals surface area contributed by atoms with Gasteiger partial charge >= 0.3 is 0 Å². The van der Waals surface area contributed by atoms with Crippen molar-refractivity contribution in [2.45, 2.75) is 17.9 Å². The molecule has 1 unspecified atom stereocenters. The Hall–Kier alpha value is -0.470. The Morgan fingerprint density at radius 3 is 3.00 bits per heavy atom. The molecule has 2 rings (SSSR count). The summed E-state index contributed by atoms with van der Waals surface area (Å²) in [4.78, 5) is 3.88. The highest BCUT2D eigenvalue weighted by atomic mass is 32.2. The van der Waals surface area contributed by atoms with Crippen LogP contribution in [-0.2, 0) is 0 Å². The number of thioether (sulfide) groups is 1. The molecule has 1 aliphatic rings. The van der Waals surface area contributed by atoms with E-state index in [1.54, 1.807) is 0 Å². The van der Waals surface area contributed by atoms with Crippen LogP contribution in [0.25, 0.3) is 0 Å². The van der Waals surface area contributed by atoms with E-state index in [1.807, 2.05) is 11.8 Å². The summed E-state index contributed by atoms with van der Waals surface area (Å²) in [7, 11) is 2.20. The van der Waals surface area contributed by atoms with E-state index >= 15 is 0 Å². The average Bonchev–Trinajstić information content (AvgIpc) is 2.60. The highest BCUT2D eigenvalue weighted by Gasteiger charge is 2.24. The van der Waals surface area contributed by atoms with Crippen molar-refractivity contribution in [3.05, 3.63) is 29.8 Å². The van der Waals surface area contributed by atoms with Crippen molar-refractivity contribution in [2.75, 3.05) is 19.3 Å². The third-order valence-electron chi connectivity index (χ3n) is 2.71. The van der Waals surface area contributed by atoms with Gasteiger partial charge in [0.15, 0.2) is 0 Å². The Bertz CT molecular complexity index is 298. The fourth-order valence-corrected chi connectivity index (χ4v) is 3.05. The maximum absolute atomic E-state index is 2.42. The van der Waals surface area contributed by atoms with Crippen molar-refractivity contribution in [3.63, 3.8) is 0 Å². The molecule has 1 aromatic rings. The van der Waals surface area contributed by atoms with Crippen molar-refractivity contribution in [1.82, 2.24) is 4.90 Å². The Balaban J connectivity index is 2.28. The molecule has 0 saturated heterocycles. The van der Waals surface area contributed by atoms with E-state index in [9.17, 15) is 0 Å². The average molecular weight is 193 g/mol. The lowest BCUT2D eigenvalue weighted by Gasteiger charge is -2.22. The second-order valence-corrected chi connectivity index (χ2v) is 4.50. The first kappa shape index (κ1) is 9.10. The molecule has 2 heteroatoms. The van der Waals surface area contributed by atoms with Crippen LogP contribution in [0.15, 0.2) is 29.2 Å². The molecule has 0 spiro atoms. The van der Waals surface area contributed by atoms with Crippen LogP contribution < -0.4 is 0 Å². The molecule has 0 bridgehead atoms. The molecule has 70 valence electrons. The van der Waals surface area contributed by atoms with Gasteiger partial charge in [0, 0.05) is 16.7 Å². The van der Waals surface area contributed by atoms with Crippen molar-refractivity contribution in [1.29, 1.82) is 0 Å². The summed E-state index contributed by atoms with van der Waals surface area (Å²) in [5, 5.41) is 0. The summed E-state index contributed by atoms with van der Waals surface area (Å²) < 4.78 is 0. The van der Waals surface area contributed by atoms with E-state index in [-0.39, 0.29) is 0 Å². The quantitative estimate of drug-likeness (QED) is 0.710. The van der Waals surface area contributed by atoms with Gasteiger partial charge in [-0.1, -0.05) is 25.1 Å². The Morgan fingerprint density at radius 1 is 1.46 bits per heavy atom. The van der Waals surface area contributed by atoms with Gasteiger partial charge in [-0.05, 0) is 25.2 Å². The predicted octanol–water partition coefficient (Wildman–Crippen LogP) is 2.79.